The van der Waals surface area contributed by atoms with E-state index in [2.05, 4.69) is 0 Å². The molecule has 1 heterocycles. The topological polar surface area (TPSA) is 27.0 Å². The summed E-state index contributed by atoms with van der Waals surface area (Å²) in [7, 11) is 0. The van der Waals surface area contributed by atoms with Gasteiger partial charge in [0.2, 0.25) is 0 Å². The number of nitrogens with zero attached hydrogens (tertiary/aromatic N) is 2. The predicted octanol–water partition coefficient (Wildman–Crippen LogP) is 5.28. The minimum atomic E-state index is -4.62. The van der Waals surface area contributed by atoms with Crippen molar-refractivity contribution in [1.82, 2.24) is 4.90 Å². The quantitative estimate of drug-likeness (QED) is 0.691. The Hall–Kier alpha value is -1.48. The maximum Gasteiger partial charge on any atom is 0.403 e. The van der Waals surface area contributed by atoms with Gasteiger partial charge in [-0.3, -0.25) is 4.90 Å². The second kappa shape index (κ2) is 6.68. The van der Waals surface area contributed by atoms with Crippen molar-refractivity contribution in [3.05, 3.63) is 57.6 Å². The van der Waals surface area contributed by atoms with Crippen molar-refractivity contribution >= 4 is 23.2 Å². The van der Waals surface area contributed by atoms with Crippen LogP contribution >= 0.6 is 23.2 Å². The predicted molar refractivity (Wildman–Crippen MR) is 91.6 cm³/mol. The third-order valence-electron chi connectivity index (χ3n) is 4.80. The van der Waals surface area contributed by atoms with Crippen LogP contribution in [0.2, 0.25) is 10.0 Å². The Morgan fingerprint density at radius 3 is 2.24 bits per heavy atom. The second-order valence-electron chi connectivity index (χ2n) is 6.26. The fourth-order valence-electron chi connectivity index (χ4n) is 3.77. The number of rotatable bonds is 2. The lowest BCUT2D eigenvalue weighted by atomic mass is 9.68. The number of nitriles is 1. The standard InChI is InChI=1S/C18H15Cl2F3N2/c19-14-8-13(9-15(20)10-14)17(18(21,22)23)5-3-4-12(11-24)16(17)25-6-1-2-7-25/h3-5,8-10,16H,1-2,6-7H2. The van der Waals surface area contributed by atoms with Gasteiger partial charge in [0.05, 0.1) is 12.1 Å². The highest BCUT2D eigenvalue weighted by molar-refractivity contribution is 6.34. The van der Waals surface area contributed by atoms with Gasteiger partial charge in [-0.2, -0.15) is 18.4 Å². The molecular formula is C18H15Cl2F3N2. The SMILES string of the molecule is N#CC1=CC=CC(c2cc(Cl)cc(Cl)c2)(C(F)(F)F)C1N1CCCC1. The third-order valence-corrected chi connectivity index (χ3v) is 5.24. The molecular weight excluding hydrogens is 372 g/mol. The molecule has 1 aromatic carbocycles. The first-order chi connectivity index (χ1) is 11.8. The average molecular weight is 387 g/mol. The molecule has 25 heavy (non-hydrogen) atoms. The van der Waals surface area contributed by atoms with E-state index in [1.807, 2.05) is 6.07 Å². The van der Waals surface area contributed by atoms with E-state index in [0.717, 1.165) is 18.9 Å². The number of likely N-dealkylation sites (tertiary alicyclic amines) is 1. The fraction of sp³-hybridized carbons (Fsp3) is 0.389. The van der Waals surface area contributed by atoms with Gasteiger partial charge in [0.1, 0.15) is 5.41 Å². The van der Waals surface area contributed by atoms with Crippen LogP contribution < -0.4 is 0 Å². The van der Waals surface area contributed by atoms with Crippen LogP contribution in [0.4, 0.5) is 13.2 Å². The highest BCUT2D eigenvalue weighted by atomic mass is 35.5. The first kappa shape index (κ1) is 18.3. The lowest BCUT2D eigenvalue weighted by Crippen LogP contribution is -2.58. The van der Waals surface area contributed by atoms with Crippen LogP contribution in [0.1, 0.15) is 18.4 Å². The van der Waals surface area contributed by atoms with Gasteiger partial charge in [-0.05, 0) is 55.8 Å². The van der Waals surface area contributed by atoms with Crippen LogP contribution in [0, 0.1) is 11.3 Å². The van der Waals surface area contributed by atoms with Crippen molar-refractivity contribution in [2.45, 2.75) is 30.5 Å². The number of halogens is 5. The molecule has 0 bridgehead atoms. The largest absolute Gasteiger partial charge is 0.403 e. The van der Waals surface area contributed by atoms with Gasteiger partial charge in [-0.25, -0.2) is 0 Å². The molecule has 0 radical (unpaired) electrons. The summed E-state index contributed by atoms with van der Waals surface area (Å²) in [6.45, 7) is 1.04. The molecule has 0 aromatic heterocycles. The Labute approximate surface area is 154 Å². The normalized spacial score (nSPS) is 27.2. The zero-order valence-corrected chi connectivity index (χ0v) is 14.7. The van der Waals surface area contributed by atoms with E-state index in [-0.39, 0.29) is 21.2 Å². The zero-order valence-electron chi connectivity index (χ0n) is 13.2. The van der Waals surface area contributed by atoms with Gasteiger partial charge in [0.25, 0.3) is 0 Å². The average Bonchev–Trinajstić information content (AvgIpc) is 3.05. The number of hydrogen-bond acceptors (Lipinski definition) is 2. The molecule has 1 saturated heterocycles. The van der Waals surface area contributed by atoms with E-state index in [4.69, 9.17) is 23.2 Å². The van der Waals surface area contributed by atoms with Crippen molar-refractivity contribution in [2.75, 3.05) is 13.1 Å². The second-order valence-corrected chi connectivity index (χ2v) is 7.14. The molecule has 0 amide bonds. The van der Waals surface area contributed by atoms with E-state index < -0.39 is 17.6 Å². The van der Waals surface area contributed by atoms with Gasteiger partial charge >= 0.3 is 6.18 Å². The molecule has 2 nitrogen and oxygen atoms in total. The summed E-state index contributed by atoms with van der Waals surface area (Å²) >= 11 is 12.0. The van der Waals surface area contributed by atoms with Crippen molar-refractivity contribution in [2.24, 2.45) is 0 Å². The Bertz CT molecular complexity index is 753. The minimum absolute atomic E-state index is 0.0495. The molecule has 0 saturated carbocycles. The van der Waals surface area contributed by atoms with E-state index in [0.29, 0.717) is 13.1 Å². The maximum absolute atomic E-state index is 14.5. The van der Waals surface area contributed by atoms with Crippen LogP contribution in [-0.4, -0.2) is 30.2 Å². The number of hydrogen-bond donors (Lipinski definition) is 0. The van der Waals surface area contributed by atoms with Crippen molar-refractivity contribution in [1.29, 1.82) is 5.26 Å². The Morgan fingerprint density at radius 2 is 1.72 bits per heavy atom. The zero-order chi connectivity index (χ0) is 18.2. The Kier molecular flexibility index (Phi) is 4.89. The monoisotopic (exact) mass is 386 g/mol. The lowest BCUT2D eigenvalue weighted by Gasteiger charge is -2.45. The van der Waals surface area contributed by atoms with Gasteiger partial charge in [0, 0.05) is 15.6 Å². The molecule has 0 N–H and O–H groups in total. The lowest BCUT2D eigenvalue weighted by molar-refractivity contribution is -0.189. The summed E-state index contributed by atoms with van der Waals surface area (Å²) < 4.78 is 43.4. The summed E-state index contributed by atoms with van der Waals surface area (Å²) in [5, 5.41) is 9.74. The van der Waals surface area contributed by atoms with Crippen LogP contribution in [0.3, 0.4) is 0 Å². The molecule has 1 aliphatic carbocycles. The Balaban J connectivity index is 2.27. The molecule has 132 valence electrons. The maximum atomic E-state index is 14.5. The molecule has 2 atom stereocenters. The fourth-order valence-corrected chi connectivity index (χ4v) is 4.30. The van der Waals surface area contributed by atoms with Gasteiger partial charge in [-0.15, -0.1) is 0 Å². The van der Waals surface area contributed by atoms with Gasteiger partial charge < -0.3 is 0 Å². The third kappa shape index (κ3) is 3.08. The smallest absolute Gasteiger partial charge is 0.294 e. The molecule has 1 fully saturated rings. The number of benzene rings is 1. The highest BCUT2D eigenvalue weighted by Gasteiger charge is 2.62. The Morgan fingerprint density at radius 1 is 1.12 bits per heavy atom. The molecule has 7 heteroatoms. The molecule has 1 aromatic rings. The highest BCUT2D eigenvalue weighted by Crippen LogP contribution is 2.51. The van der Waals surface area contributed by atoms with Gasteiger partial charge in [0.15, 0.2) is 0 Å². The number of alkyl halides is 3. The van der Waals surface area contributed by atoms with Crippen LogP contribution in [-0.2, 0) is 5.41 Å². The summed E-state index contributed by atoms with van der Waals surface area (Å²) in [4.78, 5) is 1.74. The summed E-state index contributed by atoms with van der Waals surface area (Å²) in [5.74, 6) is 0. The first-order valence-electron chi connectivity index (χ1n) is 7.86. The minimum Gasteiger partial charge on any atom is -0.294 e. The van der Waals surface area contributed by atoms with Gasteiger partial charge in [-0.1, -0.05) is 35.4 Å². The van der Waals surface area contributed by atoms with Crippen molar-refractivity contribution in [3.63, 3.8) is 0 Å². The summed E-state index contributed by atoms with van der Waals surface area (Å²) in [6, 6.07) is 4.80. The molecule has 1 aliphatic heterocycles. The summed E-state index contributed by atoms with van der Waals surface area (Å²) in [5.41, 5.74) is -2.32. The summed E-state index contributed by atoms with van der Waals surface area (Å²) in [6.07, 6.45) is 0.874. The molecule has 3 rings (SSSR count). The molecule has 2 unspecified atom stereocenters. The first-order valence-corrected chi connectivity index (χ1v) is 8.62. The van der Waals surface area contributed by atoms with Crippen LogP contribution in [0.25, 0.3) is 0 Å². The van der Waals surface area contributed by atoms with E-state index in [1.165, 1.54) is 30.4 Å². The molecule has 2 aliphatic rings. The van der Waals surface area contributed by atoms with E-state index in [1.54, 1.807) is 4.90 Å². The molecule has 0 spiro atoms. The number of allylic oxidation sites excluding steroid dienone is 2. The van der Waals surface area contributed by atoms with Crippen molar-refractivity contribution in [3.8, 4) is 6.07 Å². The van der Waals surface area contributed by atoms with Crippen LogP contribution in [0.5, 0.6) is 0 Å². The van der Waals surface area contributed by atoms with E-state index in [9.17, 15) is 18.4 Å². The van der Waals surface area contributed by atoms with Crippen molar-refractivity contribution < 1.29 is 13.2 Å². The van der Waals surface area contributed by atoms with E-state index >= 15 is 0 Å². The van der Waals surface area contributed by atoms with Crippen LogP contribution in [0.15, 0.2) is 42.0 Å².